The van der Waals surface area contributed by atoms with E-state index in [1.54, 1.807) is 48.5 Å². The molecule has 3 fully saturated rings. The van der Waals surface area contributed by atoms with Gasteiger partial charge in [-0.3, -0.25) is 22.7 Å². The van der Waals surface area contributed by atoms with Crippen molar-refractivity contribution in [3.8, 4) is 34.0 Å². The van der Waals surface area contributed by atoms with Gasteiger partial charge in [-0.2, -0.15) is 0 Å². The van der Waals surface area contributed by atoms with Gasteiger partial charge < -0.3 is 44.4 Å². The van der Waals surface area contributed by atoms with Crippen LogP contribution in [0.1, 0.15) is 33.9 Å². The van der Waals surface area contributed by atoms with E-state index >= 15 is 13.3 Å². The number of fused-ring (bicyclic) bond motifs is 9. The fourth-order valence-corrected chi connectivity index (χ4v) is 15.0. The van der Waals surface area contributed by atoms with Gasteiger partial charge in [0.2, 0.25) is 0 Å². The molecular formula is C53H50BF2N13O11P2S. The minimum absolute atomic E-state index is 0.0370. The second-order valence-electron chi connectivity index (χ2n) is 20.0. The van der Waals surface area contributed by atoms with Crippen LogP contribution >= 0.6 is 25.7 Å². The first-order chi connectivity index (χ1) is 40.2. The van der Waals surface area contributed by atoms with E-state index in [0.717, 1.165) is 47.9 Å². The second kappa shape index (κ2) is 22.2. The van der Waals surface area contributed by atoms with Gasteiger partial charge in [-0.25, -0.2) is 47.7 Å². The third-order valence-corrected chi connectivity index (χ3v) is 19.5. The molecule has 9 heterocycles. The fourth-order valence-electron chi connectivity index (χ4n) is 10.5. The van der Waals surface area contributed by atoms with Gasteiger partial charge >= 0.3 is 12.8 Å². The third-order valence-electron chi connectivity index (χ3n) is 14.6. The summed E-state index contributed by atoms with van der Waals surface area (Å²) in [5, 5.41) is 9.19. The number of esters is 1. The second-order valence-corrected chi connectivity index (χ2v) is 26.0. The molecule has 0 unspecified atom stereocenters. The predicted molar refractivity (Wildman–Crippen MR) is 302 cm³/mol. The highest BCUT2D eigenvalue weighted by Crippen LogP contribution is 2.65. The molecule has 4 aliphatic heterocycles. The van der Waals surface area contributed by atoms with E-state index in [4.69, 9.17) is 48.5 Å². The lowest BCUT2D eigenvalue weighted by molar-refractivity contribution is -0.0546. The Morgan fingerprint density at radius 2 is 1.43 bits per heavy atom. The highest BCUT2D eigenvalue weighted by Gasteiger charge is 2.55. The van der Waals surface area contributed by atoms with Crippen molar-refractivity contribution in [1.29, 1.82) is 0 Å². The maximum Gasteiger partial charge on any atom is 0.389 e. The number of imidazole rings is 2. The Hall–Kier alpha value is -7.65. The number of carbonyl (C=O) groups is 1. The van der Waals surface area contributed by atoms with Crippen LogP contribution in [-0.4, -0.2) is 126 Å². The summed E-state index contributed by atoms with van der Waals surface area (Å²) in [6, 6.07) is 30.9. The molecule has 4 N–H and O–H groups in total. The summed E-state index contributed by atoms with van der Waals surface area (Å²) in [5.41, 5.74) is 20.0. The largest absolute Gasteiger partial charge is 0.492 e. The third kappa shape index (κ3) is 10.6. The number of pyridine rings is 1. The maximum absolute atomic E-state index is 17.1. The monoisotopic (exact) mass is 1190 g/mol. The van der Waals surface area contributed by atoms with Gasteiger partial charge in [-0.1, -0.05) is 59.8 Å². The Morgan fingerprint density at radius 3 is 2.19 bits per heavy atom. The molecule has 0 spiro atoms. The lowest BCUT2D eigenvalue weighted by Gasteiger charge is -2.30. The molecule has 0 saturated carbocycles. The zero-order valence-corrected chi connectivity index (χ0v) is 46.7. The molecule has 9 aromatic rings. The molecule has 0 radical (unpaired) electrons. The van der Waals surface area contributed by atoms with E-state index in [1.165, 1.54) is 40.4 Å². The maximum atomic E-state index is 17.1. The normalized spacial score (nSPS) is 26.1. The average molecular weight is 1190 g/mol. The quantitative estimate of drug-likeness (QED) is 0.0543. The molecule has 4 aromatic carbocycles. The highest BCUT2D eigenvalue weighted by molar-refractivity contribution is 8.54. The summed E-state index contributed by atoms with van der Waals surface area (Å²) in [4.78, 5) is 36.6. The van der Waals surface area contributed by atoms with Crippen LogP contribution in [0.3, 0.4) is 0 Å². The molecule has 0 amide bonds. The number of benzene rings is 4. The van der Waals surface area contributed by atoms with Crippen molar-refractivity contribution < 1.29 is 59.7 Å². The first kappa shape index (κ1) is 54.6. The number of nitrogens with two attached hydrogens (primary N) is 2. The summed E-state index contributed by atoms with van der Waals surface area (Å²) < 4.78 is 116. The van der Waals surface area contributed by atoms with Crippen molar-refractivity contribution in [3.63, 3.8) is 0 Å². The number of rotatable bonds is 11. The number of alkyl halides is 2. The Morgan fingerprint density at radius 1 is 0.771 bits per heavy atom. The van der Waals surface area contributed by atoms with E-state index in [2.05, 4.69) is 71.4 Å². The molecule has 83 heavy (non-hydrogen) atoms. The smallest absolute Gasteiger partial charge is 0.389 e. The van der Waals surface area contributed by atoms with Gasteiger partial charge in [0.25, 0.3) is 15.0 Å². The van der Waals surface area contributed by atoms with Crippen LogP contribution < -0.4 is 25.8 Å². The van der Waals surface area contributed by atoms with E-state index in [0.29, 0.717) is 29.2 Å². The number of nitrogen functional groups attached to an aromatic ring is 2. The van der Waals surface area contributed by atoms with Crippen molar-refractivity contribution in [3.05, 3.63) is 145 Å². The average Bonchev–Trinajstić information content (AvgIpc) is 3.02. The van der Waals surface area contributed by atoms with Crippen molar-refractivity contribution in [2.45, 2.75) is 68.1 Å². The van der Waals surface area contributed by atoms with E-state index in [1.807, 2.05) is 28.9 Å². The van der Waals surface area contributed by atoms with Crippen LogP contribution in [0.25, 0.3) is 44.8 Å². The number of hydrogen-bond acceptors (Lipinski definition) is 22. The minimum atomic E-state index is -4.56. The van der Waals surface area contributed by atoms with Crippen LogP contribution in [0.15, 0.2) is 128 Å². The number of halogens is 2. The summed E-state index contributed by atoms with van der Waals surface area (Å²) in [6.45, 7) is -4.47. The van der Waals surface area contributed by atoms with Gasteiger partial charge in [0.05, 0.1) is 49.4 Å². The van der Waals surface area contributed by atoms with Crippen LogP contribution in [0.4, 0.5) is 26.0 Å². The first-order valence-electron chi connectivity index (χ1n) is 26.1. The van der Waals surface area contributed by atoms with Crippen LogP contribution in [0, 0.1) is 0 Å². The molecule has 4 aliphatic rings. The predicted octanol–water partition coefficient (Wildman–Crippen LogP) is 7.68. The van der Waals surface area contributed by atoms with Crippen LogP contribution in [0.2, 0.25) is 0 Å². The summed E-state index contributed by atoms with van der Waals surface area (Å²) in [7, 11) is -1.02. The van der Waals surface area contributed by atoms with E-state index < -0.39 is 82.7 Å². The SMILES string of the molecule is B[P@@]1(=O)OC[C@H]2O[C@@H](n3cnc4c(N)ccnc43)[C@H](F)[C@@H]2O[P@](=O)(SCc2ccc(OC(=O)c3ccc(OCCn4nnc5c4-c4ccccc4N(C)Cc4ccccc4-5)cc3)cc2)OC[C@H]2O[C@@H](n3cnc4c(N)ncnc43)[C@H](F)[C@@H]2O1. The molecule has 426 valence electrons. The molecular weight excluding hydrogens is 1140 g/mol. The lowest BCUT2D eigenvalue weighted by Crippen LogP contribution is -2.37. The topological polar surface area (TPSA) is 285 Å². The minimum Gasteiger partial charge on any atom is -0.492 e. The zero-order chi connectivity index (χ0) is 57.1. The Balaban J connectivity index is 0.690. The Bertz CT molecular complexity index is 4020. The van der Waals surface area contributed by atoms with Crippen molar-refractivity contribution in [2.24, 2.45) is 0 Å². The molecule has 24 nitrogen and oxygen atoms in total. The van der Waals surface area contributed by atoms with Gasteiger partial charge in [-0.15, -0.1) is 5.10 Å². The molecule has 13 rings (SSSR count). The molecule has 0 bridgehead atoms. The summed E-state index contributed by atoms with van der Waals surface area (Å²) in [5.74, 6) is 0.0922. The van der Waals surface area contributed by atoms with Crippen LogP contribution in [-0.2, 0) is 55.5 Å². The summed E-state index contributed by atoms with van der Waals surface area (Å²) in [6.07, 6.45) is -8.06. The number of nitrogens with zero attached hydrogens (tertiary/aromatic N) is 11. The van der Waals surface area contributed by atoms with Crippen molar-refractivity contribution >= 4 is 78.7 Å². The van der Waals surface area contributed by atoms with Crippen molar-refractivity contribution in [1.82, 2.24) is 49.0 Å². The standard InChI is InChI=1S/C53H50BF2N13O11P2S/c1-66-22-31-6-2-3-7-34(31)42-45(35-8-4-5-9-37(35)66)69(65-64-42)20-21-73-32-16-12-30(13-17-32)53(70)76-33-14-10-29(11-15-33)25-83-82(72)75-24-39-46(40(55)51(78-39)68-28-63-44-48(58)60-26-61-50(44)68)79-81(54,71)74-23-38-47(80-82)41(56)52(77-38)67-27-62-43-36(57)18-19-59-49(43)67/h2-19,26-28,38-41,46-47,51-52H,20-25,54H2,1H3,(H2,57,59)(H2,58,60,61)/t38-,39-,40-,41-,46-,47-,51-,52-,81-,82-/m1/s1. The molecule has 0 aliphatic carbocycles. The van der Waals surface area contributed by atoms with Gasteiger partial charge in [0.1, 0.15) is 65.6 Å². The molecule has 30 heteroatoms. The summed E-state index contributed by atoms with van der Waals surface area (Å²) >= 11 is 0.699. The van der Waals surface area contributed by atoms with E-state index in [-0.39, 0.29) is 57.5 Å². The number of para-hydroxylation sites is 1. The van der Waals surface area contributed by atoms with Crippen LogP contribution in [0.5, 0.6) is 11.5 Å². The van der Waals surface area contributed by atoms with Crippen molar-refractivity contribution in [2.75, 3.05) is 43.2 Å². The molecule has 3 saturated heterocycles. The van der Waals surface area contributed by atoms with E-state index in [9.17, 15) is 9.36 Å². The molecule has 5 aromatic heterocycles. The number of carbonyl (C=O) groups excluding carboxylic acids is 1. The van der Waals surface area contributed by atoms with Gasteiger partial charge in [0, 0.05) is 42.4 Å². The zero-order valence-electron chi connectivity index (χ0n) is 44.1. The Labute approximate surface area is 475 Å². The lowest BCUT2D eigenvalue weighted by atomic mass is 9.96. The number of aromatic nitrogens is 10. The fraction of sp³-hybridized carbons (Fsp3) is 0.283. The van der Waals surface area contributed by atoms with Gasteiger partial charge in [-0.05, 0) is 71.0 Å². The first-order valence-corrected chi connectivity index (χ1v) is 31.2. The number of ether oxygens (including phenoxy) is 4. The highest BCUT2D eigenvalue weighted by atomic mass is 32.7. The Kier molecular flexibility index (Phi) is 14.6. The number of hydrogen-bond donors (Lipinski definition) is 2. The molecule has 10 atom stereocenters. The van der Waals surface area contributed by atoms with Gasteiger partial charge in [0.15, 0.2) is 41.9 Å². The number of anilines is 3.